The SMILES string of the molecule is Cc1cccc(C)c1CN1CCNCC1=O. The van der Waals surface area contributed by atoms with E-state index in [1.165, 1.54) is 16.7 Å². The van der Waals surface area contributed by atoms with Gasteiger partial charge in [0.1, 0.15) is 0 Å². The third kappa shape index (κ3) is 2.25. The van der Waals surface area contributed by atoms with E-state index in [4.69, 9.17) is 0 Å². The number of aryl methyl sites for hydroxylation is 2. The molecule has 0 bridgehead atoms. The van der Waals surface area contributed by atoms with Crippen LogP contribution in [0.1, 0.15) is 16.7 Å². The lowest BCUT2D eigenvalue weighted by Gasteiger charge is -2.28. The van der Waals surface area contributed by atoms with Crippen LogP contribution in [0.5, 0.6) is 0 Å². The van der Waals surface area contributed by atoms with Crippen LogP contribution >= 0.6 is 0 Å². The highest BCUT2D eigenvalue weighted by atomic mass is 16.2. The van der Waals surface area contributed by atoms with Gasteiger partial charge in [0.2, 0.25) is 5.91 Å². The van der Waals surface area contributed by atoms with Gasteiger partial charge in [0.05, 0.1) is 6.54 Å². The molecule has 0 spiro atoms. The summed E-state index contributed by atoms with van der Waals surface area (Å²) in [5, 5.41) is 3.09. The van der Waals surface area contributed by atoms with Crippen molar-refractivity contribution in [2.45, 2.75) is 20.4 Å². The van der Waals surface area contributed by atoms with Gasteiger partial charge in [0, 0.05) is 19.6 Å². The molecular formula is C13H18N2O. The van der Waals surface area contributed by atoms with Crippen LogP contribution < -0.4 is 5.32 Å². The van der Waals surface area contributed by atoms with Gasteiger partial charge in [0.15, 0.2) is 0 Å². The molecule has 0 aromatic heterocycles. The summed E-state index contributed by atoms with van der Waals surface area (Å²) >= 11 is 0. The minimum absolute atomic E-state index is 0.203. The number of hydrogen-bond acceptors (Lipinski definition) is 2. The van der Waals surface area contributed by atoms with E-state index in [-0.39, 0.29) is 5.91 Å². The normalized spacial score (nSPS) is 16.6. The number of nitrogens with zero attached hydrogens (tertiary/aromatic N) is 1. The maximum atomic E-state index is 11.7. The molecule has 1 saturated heterocycles. The number of piperazine rings is 1. The fraction of sp³-hybridized carbons (Fsp3) is 0.462. The van der Waals surface area contributed by atoms with E-state index >= 15 is 0 Å². The molecule has 0 radical (unpaired) electrons. The van der Waals surface area contributed by atoms with Crippen molar-refractivity contribution in [1.82, 2.24) is 10.2 Å². The minimum Gasteiger partial charge on any atom is -0.336 e. The quantitative estimate of drug-likeness (QED) is 0.810. The van der Waals surface area contributed by atoms with Gasteiger partial charge in [-0.1, -0.05) is 18.2 Å². The summed E-state index contributed by atoms with van der Waals surface area (Å²) in [5.41, 5.74) is 3.83. The minimum atomic E-state index is 0.203. The number of amides is 1. The van der Waals surface area contributed by atoms with Crippen molar-refractivity contribution in [2.75, 3.05) is 19.6 Å². The first kappa shape index (κ1) is 11.1. The molecule has 0 unspecified atom stereocenters. The molecule has 1 N–H and O–H groups in total. The number of rotatable bonds is 2. The maximum Gasteiger partial charge on any atom is 0.236 e. The Labute approximate surface area is 96.5 Å². The van der Waals surface area contributed by atoms with Crippen LogP contribution in [0.2, 0.25) is 0 Å². The Bertz CT molecular complexity index is 381. The second kappa shape index (κ2) is 4.66. The van der Waals surface area contributed by atoms with E-state index in [0.717, 1.165) is 19.6 Å². The standard InChI is InChI=1S/C13H18N2O/c1-10-4-3-5-11(2)12(10)9-15-7-6-14-8-13(15)16/h3-5,14H,6-9H2,1-2H3. The van der Waals surface area contributed by atoms with Gasteiger partial charge in [-0.2, -0.15) is 0 Å². The third-order valence-electron chi connectivity index (χ3n) is 3.18. The molecule has 3 heteroatoms. The zero-order chi connectivity index (χ0) is 11.5. The third-order valence-corrected chi connectivity index (χ3v) is 3.18. The molecule has 86 valence electrons. The topological polar surface area (TPSA) is 32.3 Å². The first-order valence-electron chi connectivity index (χ1n) is 5.72. The van der Waals surface area contributed by atoms with Crippen LogP contribution in [0.4, 0.5) is 0 Å². The van der Waals surface area contributed by atoms with Gasteiger partial charge in [0.25, 0.3) is 0 Å². The number of nitrogens with one attached hydrogen (secondary N) is 1. The molecule has 16 heavy (non-hydrogen) atoms. The van der Waals surface area contributed by atoms with Gasteiger partial charge >= 0.3 is 0 Å². The molecule has 1 aliphatic heterocycles. The van der Waals surface area contributed by atoms with Crippen LogP contribution in [0.3, 0.4) is 0 Å². The molecule has 3 nitrogen and oxygen atoms in total. The monoisotopic (exact) mass is 218 g/mol. The second-order valence-corrected chi connectivity index (χ2v) is 4.36. The van der Waals surface area contributed by atoms with E-state index in [1.807, 2.05) is 4.90 Å². The fourth-order valence-electron chi connectivity index (χ4n) is 2.10. The summed E-state index contributed by atoms with van der Waals surface area (Å²) in [6.07, 6.45) is 0. The Balaban J connectivity index is 2.16. The maximum absolute atomic E-state index is 11.7. The van der Waals surface area contributed by atoms with E-state index in [2.05, 4.69) is 37.4 Å². The average Bonchev–Trinajstić information content (AvgIpc) is 2.26. The van der Waals surface area contributed by atoms with Crippen molar-refractivity contribution in [1.29, 1.82) is 0 Å². The Morgan fingerprint density at radius 1 is 1.31 bits per heavy atom. The van der Waals surface area contributed by atoms with Gasteiger partial charge in [-0.05, 0) is 30.5 Å². The summed E-state index contributed by atoms with van der Waals surface area (Å²) < 4.78 is 0. The highest BCUT2D eigenvalue weighted by Gasteiger charge is 2.18. The van der Waals surface area contributed by atoms with Gasteiger partial charge in [-0.25, -0.2) is 0 Å². The molecule has 1 fully saturated rings. The smallest absolute Gasteiger partial charge is 0.236 e. The van der Waals surface area contributed by atoms with E-state index in [0.29, 0.717) is 6.54 Å². The lowest BCUT2D eigenvalue weighted by Crippen LogP contribution is -2.47. The highest BCUT2D eigenvalue weighted by Crippen LogP contribution is 2.16. The van der Waals surface area contributed by atoms with Crippen LogP contribution in [-0.4, -0.2) is 30.4 Å². The largest absolute Gasteiger partial charge is 0.336 e. The summed E-state index contributed by atoms with van der Waals surface area (Å²) in [6, 6.07) is 6.28. The molecular weight excluding hydrogens is 200 g/mol. The summed E-state index contributed by atoms with van der Waals surface area (Å²) in [7, 11) is 0. The first-order chi connectivity index (χ1) is 7.68. The Kier molecular flexibility index (Phi) is 3.25. The lowest BCUT2D eigenvalue weighted by molar-refractivity contribution is -0.132. The second-order valence-electron chi connectivity index (χ2n) is 4.36. The molecule has 1 amide bonds. The van der Waals surface area contributed by atoms with Crippen LogP contribution in [0.25, 0.3) is 0 Å². The van der Waals surface area contributed by atoms with E-state index < -0.39 is 0 Å². The molecule has 1 heterocycles. The predicted molar refractivity (Wildman–Crippen MR) is 64.2 cm³/mol. The van der Waals surface area contributed by atoms with Crippen molar-refractivity contribution in [3.63, 3.8) is 0 Å². The predicted octanol–water partition coefficient (Wildman–Crippen LogP) is 1.24. The van der Waals surface area contributed by atoms with Crippen molar-refractivity contribution in [3.05, 3.63) is 34.9 Å². The van der Waals surface area contributed by atoms with Crippen LogP contribution in [0, 0.1) is 13.8 Å². The zero-order valence-electron chi connectivity index (χ0n) is 9.92. The highest BCUT2D eigenvalue weighted by molar-refractivity contribution is 5.79. The van der Waals surface area contributed by atoms with Gasteiger partial charge < -0.3 is 10.2 Å². The summed E-state index contributed by atoms with van der Waals surface area (Å²) in [6.45, 7) is 7.15. The van der Waals surface area contributed by atoms with Crippen molar-refractivity contribution in [3.8, 4) is 0 Å². The number of carbonyl (C=O) groups is 1. The number of carbonyl (C=O) groups excluding carboxylic acids is 1. The fourth-order valence-corrected chi connectivity index (χ4v) is 2.10. The molecule has 0 saturated carbocycles. The zero-order valence-corrected chi connectivity index (χ0v) is 9.92. The Morgan fingerprint density at radius 3 is 2.62 bits per heavy atom. The Hall–Kier alpha value is -1.35. The van der Waals surface area contributed by atoms with Crippen LogP contribution in [0.15, 0.2) is 18.2 Å². The van der Waals surface area contributed by atoms with E-state index in [1.54, 1.807) is 0 Å². The van der Waals surface area contributed by atoms with Crippen molar-refractivity contribution in [2.24, 2.45) is 0 Å². The summed E-state index contributed by atoms with van der Waals surface area (Å²) in [5.74, 6) is 0.203. The summed E-state index contributed by atoms with van der Waals surface area (Å²) in [4.78, 5) is 13.6. The number of hydrogen-bond donors (Lipinski definition) is 1. The number of benzene rings is 1. The lowest BCUT2D eigenvalue weighted by atomic mass is 10.0. The van der Waals surface area contributed by atoms with Gasteiger partial charge in [-0.3, -0.25) is 4.79 Å². The molecule has 0 aliphatic carbocycles. The molecule has 2 rings (SSSR count). The van der Waals surface area contributed by atoms with E-state index in [9.17, 15) is 4.79 Å². The Morgan fingerprint density at radius 2 is 2.00 bits per heavy atom. The van der Waals surface area contributed by atoms with Crippen LogP contribution in [-0.2, 0) is 11.3 Å². The molecule has 1 aliphatic rings. The molecule has 1 aromatic carbocycles. The first-order valence-corrected chi connectivity index (χ1v) is 5.72. The average molecular weight is 218 g/mol. The molecule has 0 atom stereocenters. The van der Waals surface area contributed by atoms with Crippen molar-refractivity contribution >= 4 is 5.91 Å². The van der Waals surface area contributed by atoms with Gasteiger partial charge in [-0.15, -0.1) is 0 Å². The molecule has 1 aromatic rings. The van der Waals surface area contributed by atoms with Crippen molar-refractivity contribution < 1.29 is 4.79 Å².